The highest BCUT2D eigenvalue weighted by Gasteiger charge is 2.36. The molecule has 1 unspecified atom stereocenters. The summed E-state index contributed by atoms with van der Waals surface area (Å²) in [6, 6.07) is 6.94. The highest BCUT2D eigenvalue weighted by Crippen LogP contribution is 2.40. The predicted octanol–water partition coefficient (Wildman–Crippen LogP) is 2.54. The van der Waals surface area contributed by atoms with E-state index in [2.05, 4.69) is 18.2 Å². The number of benzene rings is 1. The molecule has 0 heterocycles. The molecule has 1 fully saturated rings. The minimum absolute atomic E-state index is 0.0885. The number of aliphatic hydroxyl groups excluding tert-OH is 2. The molecule has 4 N–H and O–H groups in total. The summed E-state index contributed by atoms with van der Waals surface area (Å²) in [4.78, 5) is 0. The summed E-state index contributed by atoms with van der Waals surface area (Å²) >= 11 is 0. The fourth-order valence-corrected chi connectivity index (χ4v) is 4.34. The Morgan fingerprint density at radius 2 is 2.16 bits per heavy atom. The lowest BCUT2D eigenvalue weighted by molar-refractivity contribution is 0.0648. The first-order valence-corrected chi connectivity index (χ1v) is 9.76. The highest BCUT2D eigenvalue weighted by molar-refractivity contribution is 5.36. The van der Waals surface area contributed by atoms with E-state index in [1.54, 1.807) is 6.92 Å². The van der Waals surface area contributed by atoms with Crippen LogP contribution in [0.15, 0.2) is 18.2 Å². The summed E-state index contributed by atoms with van der Waals surface area (Å²) < 4.78 is 5.74. The van der Waals surface area contributed by atoms with Crippen LogP contribution < -0.4 is 5.73 Å². The first kappa shape index (κ1) is 18.8. The number of aryl methyl sites for hydroxylation is 1. The van der Waals surface area contributed by atoms with E-state index in [1.807, 2.05) is 0 Å². The van der Waals surface area contributed by atoms with Crippen LogP contribution in [0.5, 0.6) is 0 Å². The summed E-state index contributed by atoms with van der Waals surface area (Å²) in [5.74, 6) is 1.08. The number of hydrogen-bond donors (Lipinski definition) is 3. The quantitative estimate of drug-likeness (QED) is 0.663. The molecule has 2 aliphatic rings. The van der Waals surface area contributed by atoms with Crippen LogP contribution in [0.4, 0.5) is 0 Å². The average molecular weight is 347 g/mol. The van der Waals surface area contributed by atoms with E-state index in [0.717, 1.165) is 38.7 Å². The molecule has 2 aliphatic carbocycles. The second-order valence-corrected chi connectivity index (χ2v) is 8.31. The fraction of sp³-hybridized carbons (Fsp3) is 0.714. The van der Waals surface area contributed by atoms with Gasteiger partial charge in [-0.3, -0.25) is 0 Å². The fourth-order valence-electron chi connectivity index (χ4n) is 4.34. The summed E-state index contributed by atoms with van der Waals surface area (Å²) in [5, 5.41) is 18.8. The maximum atomic E-state index is 9.48. The molecular formula is C21H33NO3. The predicted molar refractivity (Wildman–Crippen MR) is 99.7 cm³/mol. The van der Waals surface area contributed by atoms with Crippen molar-refractivity contribution < 1.29 is 14.9 Å². The lowest BCUT2D eigenvalue weighted by Gasteiger charge is -2.26. The second-order valence-electron chi connectivity index (χ2n) is 8.31. The maximum absolute atomic E-state index is 9.48. The van der Waals surface area contributed by atoms with Crippen molar-refractivity contribution in [3.63, 3.8) is 0 Å². The van der Waals surface area contributed by atoms with Gasteiger partial charge in [-0.25, -0.2) is 0 Å². The molecule has 4 heteroatoms. The zero-order chi connectivity index (χ0) is 17.9. The molecule has 0 radical (unpaired) electrons. The van der Waals surface area contributed by atoms with Gasteiger partial charge >= 0.3 is 0 Å². The third-order valence-electron chi connectivity index (χ3n) is 6.02. The van der Waals surface area contributed by atoms with Gasteiger partial charge in [-0.1, -0.05) is 18.2 Å². The van der Waals surface area contributed by atoms with E-state index >= 15 is 0 Å². The molecule has 3 rings (SSSR count). The SMILES string of the molecule is C[C@@H](O)CCOCC1CCc2cc([C@H]3CC[C@](N)(CO)C3)ccc2C1. The van der Waals surface area contributed by atoms with Crippen LogP contribution in [0.1, 0.15) is 61.6 Å². The first-order valence-electron chi connectivity index (χ1n) is 9.76. The molecular weight excluding hydrogens is 314 g/mol. The van der Waals surface area contributed by atoms with Gasteiger partial charge in [0, 0.05) is 18.8 Å². The normalized spacial score (nSPS) is 30.2. The lowest BCUT2D eigenvalue weighted by Crippen LogP contribution is -2.40. The Bertz CT molecular complexity index is 574. The molecule has 140 valence electrons. The molecule has 1 saturated carbocycles. The van der Waals surface area contributed by atoms with Crippen molar-refractivity contribution in [2.24, 2.45) is 11.7 Å². The van der Waals surface area contributed by atoms with E-state index in [4.69, 9.17) is 10.5 Å². The smallest absolute Gasteiger partial charge is 0.0611 e. The van der Waals surface area contributed by atoms with Gasteiger partial charge in [0.15, 0.2) is 0 Å². The number of hydrogen-bond acceptors (Lipinski definition) is 4. The van der Waals surface area contributed by atoms with Crippen LogP contribution in [-0.4, -0.2) is 41.7 Å². The average Bonchev–Trinajstić information content (AvgIpc) is 3.01. The second kappa shape index (κ2) is 8.17. The molecule has 0 saturated heterocycles. The first-order chi connectivity index (χ1) is 12.0. The maximum Gasteiger partial charge on any atom is 0.0611 e. The van der Waals surface area contributed by atoms with E-state index in [1.165, 1.54) is 23.1 Å². The minimum atomic E-state index is -0.380. The molecule has 25 heavy (non-hydrogen) atoms. The van der Waals surface area contributed by atoms with Gasteiger partial charge in [0.1, 0.15) is 0 Å². The Kier molecular flexibility index (Phi) is 6.16. The van der Waals surface area contributed by atoms with Gasteiger partial charge in [0.05, 0.1) is 12.7 Å². The number of ether oxygens (including phenoxy) is 1. The Morgan fingerprint density at radius 3 is 2.88 bits per heavy atom. The number of rotatable bonds is 7. The Morgan fingerprint density at radius 1 is 1.32 bits per heavy atom. The van der Waals surface area contributed by atoms with Gasteiger partial charge < -0.3 is 20.7 Å². The van der Waals surface area contributed by atoms with Crippen LogP contribution in [0, 0.1) is 5.92 Å². The molecule has 0 spiro atoms. The molecule has 0 bridgehead atoms. The van der Waals surface area contributed by atoms with Gasteiger partial charge in [0.25, 0.3) is 0 Å². The molecule has 0 aliphatic heterocycles. The molecule has 4 nitrogen and oxygen atoms in total. The van der Waals surface area contributed by atoms with Crippen LogP contribution in [0.2, 0.25) is 0 Å². The Labute approximate surface area is 151 Å². The molecule has 0 amide bonds. The zero-order valence-electron chi connectivity index (χ0n) is 15.4. The monoisotopic (exact) mass is 347 g/mol. The Hall–Kier alpha value is -0.940. The van der Waals surface area contributed by atoms with Gasteiger partial charge in [-0.15, -0.1) is 0 Å². The summed E-state index contributed by atoms with van der Waals surface area (Å²) in [6.45, 7) is 3.33. The van der Waals surface area contributed by atoms with Crippen molar-refractivity contribution >= 4 is 0 Å². The van der Waals surface area contributed by atoms with Crippen LogP contribution in [-0.2, 0) is 17.6 Å². The zero-order valence-corrected chi connectivity index (χ0v) is 15.4. The Balaban J connectivity index is 1.55. The van der Waals surface area contributed by atoms with Crippen LogP contribution >= 0.6 is 0 Å². The van der Waals surface area contributed by atoms with Crippen LogP contribution in [0.3, 0.4) is 0 Å². The highest BCUT2D eigenvalue weighted by atomic mass is 16.5. The van der Waals surface area contributed by atoms with E-state index in [0.29, 0.717) is 24.9 Å². The van der Waals surface area contributed by atoms with Gasteiger partial charge in [0.2, 0.25) is 0 Å². The van der Waals surface area contributed by atoms with Crippen molar-refractivity contribution in [3.05, 3.63) is 34.9 Å². The molecule has 0 aromatic heterocycles. The van der Waals surface area contributed by atoms with E-state index in [9.17, 15) is 10.2 Å². The summed E-state index contributed by atoms with van der Waals surface area (Å²) in [5.41, 5.74) is 10.2. The lowest BCUT2D eigenvalue weighted by atomic mass is 9.82. The number of fused-ring (bicyclic) bond motifs is 1. The van der Waals surface area contributed by atoms with Crippen molar-refractivity contribution in [3.8, 4) is 0 Å². The van der Waals surface area contributed by atoms with Crippen molar-refractivity contribution in [1.82, 2.24) is 0 Å². The van der Waals surface area contributed by atoms with Crippen molar-refractivity contribution in [2.45, 2.75) is 69.4 Å². The van der Waals surface area contributed by atoms with Gasteiger partial charge in [-0.05, 0) is 80.4 Å². The van der Waals surface area contributed by atoms with Crippen molar-refractivity contribution in [2.75, 3.05) is 19.8 Å². The third kappa shape index (κ3) is 4.82. The van der Waals surface area contributed by atoms with Crippen LogP contribution in [0.25, 0.3) is 0 Å². The molecule has 1 aromatic carbocycles. The minimum Gasteiger partial charge on any atom is -0.394 e. The topological polar surface area (TPSA) is 75.7 Å². The third-order valence-corrected chi connectivity index (χ3v) is 6.02. The summed E-state index contributed by atoms with van der Waals surface area (Å²) in [7, 11) is 0. The molecule has 1 aromatic rings. The van der Waals surface area contributed by atoms with Crippen molar-refractivity contribution in [1.29, 1.82) is 0 Å². The largest absolute Gasteiger partial charge is 0.394 e. The van der Waals surface area contributed by atoms with Gasteiger partial charge in [-0.2, -0.15) is 0 Å². The standard InChI is InChI=1S/C21H33NO3/c1-15(24)7-9-25-13-16-2-3-18-11-19(5-4-17(18)10-16)20-6-8-21(22,12-20)14-23/h4-5,11,15-16,20,23-24H,2-3,6-10,12-14,22H2,1H3/t15-,16?,20+,21-/m1/s1. The number of nitrogens with two attached hydrogens (primary N) is 1. The van der Waals surface area contributed by atoms with E-state index in [-0.39, 0.29) is 18.2 Å². The molecule has 4 atom stereocenters. The summed E-state index contributed by atoms with van der Waals surface area (Å²) in [6.07, 6.45) is 6.70. The van der Waals surface area contributed by atoms with E-state index < -0.39 is 0 Å². The number of aliphatic hydroxyl groups is 2.